The lowest BCUT2D eigenvalue weighted by Gasteiger charge is -2.29. The summed E-state index contributed by atoms with van der Waals surface area (Å²) >= 11 is 0. The second-order valence-electron chi connectivity index (χ2n) is 8.71. The van der Waals surface area contributed by atoms with Crippen molar-refractivity contribution in [2.45, 2.75) is 32.3 Å². The third-order valence-electron chi connectivity index (χ3n) is 6.59. The summed E-state index contributed by atoms with van der Waals surface area (Å²) < 4.78 is 7.61. The van der Waals surface area contributed by atoms with Crippen LogP contribution in [-0.2, 0) is 4.74 Å². The van der Waals surface area contributed by atoms with E-state index in [0.29, 0.717) is 18.3 Å². The van der Waals surface area contributed by atoms with E-state index in [2.05, 4.69) is 23.6 Å². The van der Waals surface area contributed by atoms with Gasteiger partial charge < -0.3 is 19.5 Å². The SMILES string of the molecule is CCN(CC)CN(c1ccccc1)c1ncc2c(-c3ccccc3)cn([C@@H]3OC[C@@H](O)[C@H]3O)c2n1. The van der Waals surface area contributed by atoms with Crippen molar-refractivity contribution in [2.24, 2.45) is 0 Å². The number of aliphatic hydroxyl groups excluding tert-OH is 2. The largest absolute Gasteiger partial charge is 0.388 e. The van der Waals surface area contributed by atoms with E-state index in [1.165, 1.54) is 0 Å². The van der Waals surface area contributed by atoms with Crippen LogP contribution in [0.5, 0.6) is 0 Å². The Kier molecular flexibility index (Phi) is 6.79. The molecule has 0 bridgehead atoms. The summed E-state index contributed by atoms with van der Waals surface area (Å²) in [6, 6.07) is 20.1. The van der Waals surface area contributed by atoms with E-state index in [0.717, 1.165) is 35.3 Å². The minimum atomic E-state index is -1.05. The van der Waals surface area contributed by atoms with E-state index in [-0.39, 0.29) is 6.61 Å². The van der Waals surface area contributed by atoms with Gasteiger partial charge in [0.25, 0.3) is 0 Å². The highest BCUT2D eigenvalue weighted by Crippen LogP contribution is 2.36. The Balaban J connectivity index is 1.66. The molecule has 3 heterocycles. The van der Waals surface area contributed by atoms with Crippen LogP contribution in [0.25, 0.3) is 22.2 Å². The van der Waals surface area contributed by atoms with Gasteiger partial charge in [-0.25, -0.2) is 4.98 Å². The molecule has 2 aromatic carbocycles. The first-order valence-electron chi connectivity index (χ1n) is 12.1. The smallest absolute Gasteiger partial charge is 0.233 e. The molecule has 1 saturated heterocycles. The first kappa shape index (κ1) is 23.4. The van der Waals surface area contributed by atoms with Gasteiger partial charge in [0.15, 0.2) is 6.23 Å². The van der Waals surface area contributed by atoms with Crippen molar-refractivity contribution in [3.63, 3.8) is 0 Å². The molecule has 0 spiro atoms. The molecule has 0 amide bonds. The molecule has 1 fully saturated rings. The molecule has 0 radical (unpaired) electrons. The van der Waals surface area contributed by atoms with Crippen LogP contribution in [0, 0.1) is 0 Å². The van der Waals surface area contributed by atoms with Crippen molar-refractivity contribution >= 4 is 22.7 Å². The fourth-order valence-electron chi connectivity index (χ4n) is 4.51. The minimum Gasteiger partial charge on any atom is -0.388 e. The molecule has 0 unspecified atom stereocenters. The van der Waals surface area contributed by atoms with E-state index in [1.54, 1.807) is 0 Å². The standard InChI is InChI=1S/C27H31N5O3/c1-3-30(4-2)18-32(20-13-9-6-10-14-20)27-28-15-21-22(19-11-7-5-8-12-19)16-31(25(21)29-27)26-24(34)23(33)17-35-26/h5-16,23-24,26,33-34H,3-4,17-18H2,1-2H3/t23-,24-,26-/m1/s1. The predicted octanol–water partition coefficient (Wildman–Crippen LogP) is 3.79. The van der Waals surface area contributed by atoms with Gasteiger partial charge in [-0.3, -0.25) is 9.80 Å². The molecule has 2 aromatic heterocycles. The topological polar surface area (TPSA) is 86.9 Å². The van der Waals surface area contributed by atoms with Crippen molar-refractivity contribution in [3.8, 4) is 11.1 Å². The number of para-hydroxylation sites is 1. The highest BCUT2D eigenvalue weighted by Gasteiger charge is 2.37. The fraction of sp³-hybridized carbons (Fsp3) is 0.333. The molecule has 2 N–H and O–H groups in total. The molecule has 0 saturated carbocycles. The van der Waals surface area contributed by atoms with Crippen LogP contribution in [0.1, 0.15) is 20.1 Å². The number of rotatable bonds is 8. The molecule has 1 aliphatic heterocycles. The van der Waals surface area contributed by atoms with Gasteiger partial charge in [-0.2, -0.15) is 4.98 Å². The number of hydrogen-bond acceptors (Lipinski definition) is 7. The Bertz CT molecular complexity index is 1260. The number of aliphatic hydroxyl groups is 2. The zero-order valence-electron chi connectivity index (χ0n) is 20.0. The summed E-state index contributed by atoms with van der Waals surface area (Å²) in [7, 11) is 0. The van der Waals surface area contributed by atoms with Gasteiger partial charge in [0.2, 0.25) is 5.95 Å². The predicted molar refractivity (Wildman–Crippen MR) is 136 cm³/mol. The molecule has 8 heteroatoms. The zero-order chi connectivity index (χ0) is 24.4. The summed E-state index contributed by atoms with van der Waals surface area (Å²) in [5, 5.41) is 21.6. The third kappa shape index (κ3) is 4.53. The monoisotopic (exact) mass is 473 g/mol. The maximum atomic E-state index is 10.6. The van der Waals surface area contributed by atoms with Crippen molar-refractivity contribution in [2.75, 3.05) is 31.3 Å². The Hall–Kier alpha value is -3.30. The van der Waals surface area contributed by atoms with Crippen LogP contribution >= 0.6 is 0 Å². The maximum Gasteiger partial charge on any atom is 0.233 e. The Morgan fingerprint density at radius 2 is 1.69 bits per heavy atom. The number of hydrogen-bond donors (Lipinski definition) is 2. The Labute approximate surface area is 205 Å². The van der Waals surface area contributed by atoms with Gasteiger partial charge in [0, 0.05) is 29.0 Å². The average Bonchev–Trinajstić information content (AvgIpc) is 3.45. The van der Waals surface area contributed by atoms with Crippen LogP contribution in [0.3, 0.4) is 0 Å². The molecule has 35 heavy (non-hydrogen) atoms. The second kappa shape index (κ2) is 10.1. The van der Waals surface area contributed by atoms with Gasteiger partial charge in [0.05, 0.1) is 13.3 Å². The van der Waals surface area contributed by atoms with Crippen LogP contribution in [0.4, 0.5) is 11.6 Å². The first-order chi connectivity index (χ1) is 17.1. The highest BCUT2D eigenvalue weighted by molar-refractivity contribution is 5.94. The minimum absolute atomic E-state index is 0.0716. The van der Waals surface area contributed by atoms with E-state index in [4.69, 9.17) is 14.7 Å². The van der Waals surface area contributed by atoms with Gasteiger partial charge in [-0.05, 0) is 30.8 Å². The molecule has 1 aliphatic rings. The normalized spacial score (nSPS) is 20.1. The first-order valence-corrected chi connectivity index (χ1v) is 12.1. The van der Waals surface area contributed by atoms with Gasteiger partial charge in [0.1, 0.15) is 17.9 Å². The lowest BCUT2D eigenvalue weighted by atomic mass is 10.1. The van der Waals surface area contributed by atoms with Gasteiger partial charge in [-0.1, -0.05) is 62.4 Å². The van der Waals surface area contributed by atoms with Gasteiger partial charge >= 0.3 is 0 Å². The van der Waals surface area contributed by atoms with Crippen molar-refractivity contribution in [3.05, 3.63) is 73.1 Å². The maximum absolute atomic E-state index is 10.6. The molecular formula is C27H31N5O3. The number of fused-ring (bicyclic) bond motifs is 1. The molecule has 182 valence electrons. The molecule has 0 aliphatic carbocycles. The van der Waals surface area contributed by atoms with Crippen molar-refractivity contribution in [1.29, 1.82) is 0 Å². The number of aromatic nitrogens is 3. The van der Waals surface area contributed by atoms with E-state index in [1.807, 2.05) is 77.6 Å². The zero-order valence-corrected chi connectivity index (χ0v) is 20.0. The number of benzene rings is 2. The summed E-state index contributed by atoms with van der Waals surface area (Å²) in [4.78, 5) is 14.2. The Morgan fingerprint density at radius 3 is 2.31 bits per heavy atom. The van der Waals surface area contributed by atoms with Crippen LogP contribution in [0.2, 0.25) is 0 Å². The van der Waals surface area contributed by atoms with Crippen molar-refractivity contribution in [1.82, 2.24) is 19.4 Å². The molecule has 5 rings (SSSR count). The third-order valence-corrected chi connectivity index (χ3v) is 6.59. The summed E-state index contributed by atoms with van der Waals surface area (Å²) in [6.45, 7) is 6.78. The summed E-state index contributed by atoms with van der Waals surface area (Å²) in [5.74, 6) is 0.558. The fourth-order valence-corrected chi connectivity index (χ4v) is 4.51. The van der Waals surface area contributed by atoms with Gasteiger partial charge in [-0.15, -0.1) is 0 Å². The lowest BCUT2D eigenvalue weighted by molar-refractivity contribution is -0.0159. The quantitative estimate of drug-likeness (QED) is 0.377. The lowest BCUT2D eigenvalue weighted by Crippen LogP contribution is -2.36. The van der Waals surface area contributed by atoms with E-state index >= 15 is 0 Å². The number of anilines is 2. The molecule has 8 nitrogen and oxygen atoms in total. The number of ether oxygens (including phenoxy) is 1. The average molecular weight is 474 g/mol. The second-order valence-corrected chi connectivity index (χ2v) is 8.71. The van der Waals surface area contributed by atoms with E-state index in [9.17, 15) is 10.2 Å². The molecule has 4 aromatic rings. The molecule has 3 atom stereocenters. The summed E-state index contributed by atoms with van der Waals surface area (Å²) in [5.41, 5.74) is 3.60. The van der Waals surface area contributed by atoms with E-state index < -0.39 is 18.4 Å². The van der Waals surface area contributed by atoms with Crippen molar-refractivity contribution < 1.29 is 14.9 Å². The van der Waals surface area contributed by atoms with Crippen LogP contribution in [0.15, 0.2) is 73.1 Å². The van der Waals surface area contributed by atoms with Crippen LogP contribution in [-0.4, -0.2) is 68.2 Å². The number of nitrogens with zero attached hydrogens (tertiary/aromatic N) is 5. The van der Waals surface area contributed by atoms with Crippen LogP contribution < -0.4 is 4.90 Å². The molecular weight excluding hydrogens is 442 g/mol. The summed E-state index contributed by atoms with van der Waals surface area (Å²) in [6.07, 6.45) is 1.05. The Morgan fingerprint density at radius 1 is 1.00 bits per heavy atom. The highest BCUT2D eigenvalue weighted by atomic mass is 16.5.